The largest absolute Gasteiger partial charge is 0.478 e. The van der Waals surface area contributed by atoms with E-state index >= 15 is 0 Å². The number of carboxylic acid groups (broad SMARTS) is 1. The van der Waals surface area contributed by atoms with E-state index in [0.29, 0.717) is 5.00 Å². The maximum atomic E-state index is 12.5. The van der Waals surface area contributed by atoms with Gasteiger partial charge < -0.3 is 15.3 Å². The number of carbonyl (C=O) groups is 2. The number of carbonyl (C=O) groups excluding carboxylic acids is 1. The molecule has 3 rings (SSSR count). The van der Waals surface area contributed by atoms with Crippen LogP contribution >= 0.6 is 11.3 Å². The Morgan fingerprint density at radius 2 is 2.12 bits per heavy atom. The van der Waals surface area contributed by atoms with E-state index in [9.17, 15) is 14.7 Å². The summed E-state index contributed by atoms with van der Waals surface area (Å²) in [5, 5.41) is 12.5. The molecule has 126 valence electrons. The third kappa shape index (κ3) is 3.14. The zero-order chi connectivity index (χ0) is 17.3. The molecule has 2 aromatic rings. The van der Waals surface area contributed by atoms with Crippen LogP contribution in [-0.2, 0) is 17.6 Å². The van der Waals surface area contributed by atoms with Gasteiger partial charge in [0, 0.05) is 16.6 Å². The van der Waals surface area contributed by atoms with Gasteiger partial charge >= 0.3 is 5.97 Å². The summed E-state index contributed by atoms with van der Waals surface area (Å²) in [7, 11) is 0. The minimum atomic E-state index is -1.01. The molecule has 0 fully saturated rings. The Morgan fingerprint density at radius 1 is 1.38 bits per heavy atom. The molecule has 6 heteroatoms. The van der Waals surface area contributed by atoms with Crippen molar-refractivity contribution in [2.75, 3.05) is 16.8 Å². The number of aryl methyl sites for hydroxylation is 1. The number of nitrogens with one attached hydrogen (secondary N) is 1. The molecule has 1 unspecified atom stereocenters. The average Bonchev–Trinajstić information content (AvgIpc) is 3.09. The lowest BCUT2D eigenvalue weighted by atomic mass is 10.1. The van der Waals surface area contributed by atoms with E-state index in [0.717, 1.165) is 23.4 Å². The van der Waals surface area contributed by atoms with Crippen LogP contribution in [0.1, 0.15) is 34.6 Å². The van der Waals surface area contributed by atoms with E-state index in [1.165, 1.54) is 16.9 Å². The molecule has 1 amide bonds. The number of fused-ring (bicyclic) bond motifs is 1. The third-order valence-electron chi connectivity index (χ3n) is 4.28. The molecule has 0 aliphatic carbocycles. The lowest BCUT2D eigenvalue weighted by Gasteiger charge is -2.24. The molecule has 1 aliphatic heterocycles. The second kappa shape index (κ2) is 6.65. The zero-order valence-electron chi connectivity index (χ0n) is 13.7. The molecular formula is C18H20N2O3S. The van der Waals surface area contributed by atoms with E-state index in [1.54, 1.807) is 6.07 Å². The lowest BCUT2D eigenvalue weighted by Crippen LogP contribution is -2.37. The number of para-hydroxylation sites is 1. The summed E-state index contributed by atoms with van der Waals surface area (Å²) in [5.74, 6) is -1.20. The molecule has 0 saturated heterocycles. The number of anilines is 2. The maximum absolute atomic E-state index is 12.5. The van der Waals surface area contributed by atoms with Crippen LogP contribution in [0.15, 0.2) is 30.3 Å². The second-order valence-corrected chi connectivity index (χ2v) is 7.11. The summed E-state index contributed by atoms with van der Waals surface area (Å²) in [4.78, 5) is 26.8. The van der Waals surface area contributed by atoms with Crippen molar-refractivity contribution in [3.8, 4) is 0 Å². The zero-order valence-corrected chi connectivity index (χ0v) is 14.5. The fourth-order valence-electron chi connectivity index (χ4n) is 3.06. The number of aromatic carboxylic acids is 1. The first-order valence-electron chi connectivity index (χ1n) is 8.00. The Bertz CT molecular complexity index is 784. The highest BCUT2D eigenvalue weighted by molar-refractivity contribution is 7.16. The Balaban J connectivity index is 1.75. The van der Waals surface area contributed by atoms with Gasteiger partial charge in [-0.05, 0) is 37.5 Å². The van der Waals surface area contributed by atoms with Crippen LogP contribution in [-0.4, -0.2) is 29.6 Å². The van der Waals surface area contributed by atoms with E-state index in [2.05, 4.69) is 23.2 Å². The smallest absolute Gasteiger partial charge is 0.338 e. The Morgan fingerprint density at radius 3 is 2.83 bits per heavy atom. The second-order valence-electron chi connectivity index (χ2n) is 5.97. The molecule has 1 aromatic carbocycles. The van der Waals surface area contributed by atoms with Crippen molar-refractivity contribution in [3.05, 3.63) is 46.3 Å². The van der Waals surface area contributed by atoms with Gasteiger partial charge in [-0.15, -0.1) is 11.3 Å². The number of nitrogens with zero attached hydrogens (tertiary/aromatic N) is 1. The standard InChI is InChI=1S/C18H20N2O3S/c1-3-13-9-14(18(22)23)17(24-13)19-16(21)10-20-11(2)8-12-6-4-5-7-15(12)20/h4-7,9,11H,3,8,10H2,1-2H3,(H,19,21)(H,22,23). The molecule has 0 spiro atoms. The van der Waals surface area contributed by atoms with Crippen molar-refractivity contribution in [1.29, 1.82) is 0 Å². The van der Waals surface area contributed by atoms with Crippen molar-refractivity contribution >= 4 is 33.9 Å². The fourth-order valence-corrected chi connectivity index (χ4v) is 4.06. The Labute approximate surface area is 144 Å². The molecule has 1 aliphatic rings. The van der Waals surface area contributed by atoms with Gasteiger partial charge in [0.05, 0.1) is 12.1 Å². The monoisotopic (exact) mass is 344 g/mol. The number of carboxylic acids is 1. The van der Waals surface area contributed by atoms with Gasteiger partial charge in [-0.25, -0.2) is 4.79 Å². The first-order valence-corrected chi connectivity index (χ1v) is 8.81. The number of rotatable bonds is 5. The average molecular weight is 344 g/mol. The molecule has 5 nitrogen and oxygen atoms in total. The van der Waals surface area contributed by atoms with Crippen LogP contribution in [0, 0.1) is 0 Å². The summed E-state index contributed by atoms with van der Waals surface area (Å²) >= 11 is 1.33. The van der Waals surface area contributed by atoms with Gasteiger partial charge in [0.25, 0.3) is 0 Å². The van der Waals surface area contributed by atoms with Gasteiger partial charge in [0.2, 0.25) is 5.91 Å². The van der Waals surface area contributed by atoms with Crippen LogP contribution in [0.4, 0.5) is 10.7 Å². The maximum Gasteiger partial charge on any atom is 0.338 e. The van der Waals surface area contributed by atoms with Gasteiger partial charge in [0.1, 0.15) is 5.00 Å². The quantitative estimate of drug-likeness (QED) is 0.872. The minimum absolute atomic E-state index is 0.167. The van der Waals surface area contributed by atoms with Crippen LogP contribution in [0.5, 0.6) is 0 Å². The minimum Gasteiger partial charge on any atom is -0.478 e. The predicted octanol–water partition coefficient (Wildman–Crippen LogP) is 3.40. The van der Waals surface area contributed by atoms with E-state index in [4.69, 9.17) is 0 Å². The van der Waals surface area contributed by atoms with E-state index in [-0.39, 0.29) is 24.1 Å². The van der Waals surface area contributed by atoms with Gasteiger partial charge in [-0.2, -0.15) is 0 Å². The summed E-state index contributed by atoms with van der Waals surface area (Å²) in [5.41, 5.74) is 2.49. The highest BCUT2D eigenvalue weighted by Crippen LogP contribution is 2.32. The molecule has 0 saturated carbocycles. The van der Waals surface area contributed by atoms with Crippen LogP contribution in [0.2, 0.25) is 0 Å². The number of amides is 1. The fraction of sp³-hybridized carbons (Fsp3) is 0.333. The van der Waals surface area contributed by atoms with Crippen LogP contribution in [0.3, 0.4) is 0 Å². The molecule has 2 N–H and O–H groups in total. The van der Waals surface area contributed by atoms with E-state index in [1.807, 2.05) is 25.1 Å². The van der Waals surface area contributed by atoms with Crippen molar-refractivity contribution in [2.24, 2.45) is 0 Å². The van der Waals surface area contributed by atoms with Crippen molar-refractivity contribution in [1.82, 2.24) is 0 Å². The van der Waals surface area contributed by atoms with Crippen molar-refractivity contribution in [2.45, 2.75) is 32.7 Å². The highest BCUT2D eigenvalue weighted by atomic mass is 32.1. The summed E-state index contributed by atoms with van der Waals surface area (Å²) in [6.45, 7) is 4.28. The lowest BCUT2D eigenvalue weighted by molar-refractivity contribution is -0.115. The molecule has 0 bridgehead atoms. The summed E-state index contributed by atoms with van der Waals surface area (Å²) < 4.78 is 0. The highest BCUT2D eigenvalue weighted by Gasteiger charge is 2.27. The van der Waals surface area contributed by atoms with Crippen molar-refractivity contribution in [3.63, 3.8) is 0 Å². The number of benzene rings is 1. The summed E-state index contributed by atoms with van der Waals surface area (Å²) in [6, 6.07) is 9.97. The van der Waals surface area contributed by atoms with Gasteiger partial charge in [-0.3, -0.25) is 4.79 Å². The Kier molecular flexibility index (Phi) is 4.57. The predicted molar refractivity (Wildman–Crippen MR) is 96.2 cm³/mol. The summed E-state index contributed by atoms with van der Waals surface area (Å²) in [6.07, 6.45) is 1.67. The molecule has 2 heterocycles. The molecule has 24 heavy (non-hydrogen) atoms. The van der Waals surface area contributed by atoms with Crippen LogP contribution in [0.25, 0.3) is 0 Å². The topological polar surface area (TPSA) is 69.6 Å². The van der Waals surface area contributed by atoms with Gasteiger partial charge in [0.15, 0.2) is 0 Å². The normalized spacial score (nSPS) is 16.1. The van der Waals surface area contributed by atoms with E-state index < -0.39 is 5.97 Å². The van der Waals surface area contributed by atoms with Gasteiger partial charge in [-0.1, -0.05) is 25.1 Å². The number of hydrogen-bond donors (Lipinski definition) is 2. The Hall–Kier alpha value is -2.34. The molecule has 1 aromatic heterocycles. The van der Waals surface area contributed by atoms with Crippen molar-refractivity contribution < 1.29 is 14.7 Å². The first kappa shape index (κ1) is 16.5. The first-order chi connectivity index (χ1) is 11.5. The number of hydrogen-bond acceptors (Lipinski definition) is 4. The number of thiophene rings is 1. The molecule has 0 radical (unpaired) electrons. The third-order valence-corrected chi connectivity index (χ3v) is 5.47. The molecular weight excluding hydrogens is 324 g/mol. The van der Waals surface area contributed by atoms with Crippen LogP contribution < -0.4 is 10.2 Å². The SMILES string of the molecule is CCc1cc(C(=O)O)c(NC(=O)CN2c3ccccc3CC2C)s1. The molecule has 1 atom stereocenters.